The van der Waals surface area contributed by atoms with E-state index >= 15 is 0 Å². The average molecular weight is 381 g/mol. The molecule has 2 heterocycles. The standard InChI is InChI=1S/C23H28FN3O/c1-26(23(28)13-17-6-9-25-10-7-17)22-8-11-27(16-22)15-18-2-3-20-14-21(24)5-4-19(20)12-18/h2-5,12-14,22,25H,6-11,15-16H2,1H3/t22-/m1/s1. The van der Waals surface area contributed by atoms with Crippen molar-refractivity contribution in [1.82, 2.24) is 15.1 Å². The molecule has 28 heavy (non-hydrogen) atoms. The van der Waals surface area contributed by atoms with Gasteiger partial charge in [0.2, 0.25) is 5.91 Å². The largest absolute Gasteiger partial charge is 0.338 e. The Bertz CT molecular complexity index is 887. The first-order valence-corrected chi connectivity index (χ1v) is 10.2. The molecule has 2 aromatic carbocycles. The third-order valence-electron chi connectivity index (χ3n) is 5.99. The Morgan fingerprint density at radius 3 is 2.79 bits per heavy atom. The summed E-state index contributed by atoms with van der Waals surface area (Å²) in [6.07, 6.45) is 4.81. The molecule has 5 heteroatoms. The molecule has 0 unspecified atom stereocenters. The highest BCUT2D eigenvalue weighted by molar-refractivity contribution is 5.88. The summed E-state index contributed by atoms with van der Waals surface area (Å²) in [4.78, 5) is 16.9. The molecule has 4 nitrogen and oxygen atoms in total. The van der Waals surface area contributed by atoms with Crippen molar-refractivity contribution in [3.63, 3.8) is 0 Å². The normalized spacial score (nSPS) is 20.5. The lowest BCUT2D eigenvalue weighted by Crippen LogP contribution is -2.38. The molecule has 1 amide bonds. The molecule has 0 radical (unpaired) electrons. The molecule has 2 fully saturated rings. The van der Waals surface area contributed by atoms with E-state index in [1.165, 1.54) is 17.2 Å². The summed E-state index contributed by atoms with van der Waals surface area (Å²) in [6.45, 7) is 4.69. The van der Waals surface area contributed by atoms with Crippen LogP contribution in [0.15, 0.2) is 48.0 Å². The van der Waals surface area contributed by atoms with Gasteiger partial charge in [-0.05, 0) is 66.9 Å². The lowest BCUT2D eigenvalue weighted by molar-refractivity contribution is -0.126. The predicted molar refractivity (Wildman–Crippen MR) is 111 cm³/mol. The Balaban J connectivity index is 1.36. The highest BCUT2D eigenvalue weighted by Crippen LogP contribution is 2.22. The molecule has 0 saturated carbocycles. The van der Waals surface area contributed by atoms with Gasteiger partial charge in [-0.3, -0.25) is 9.69 Å². The van der Waals surface area contributed by atoms with Crippen LogP contribution in [0.4, 0.5) is 4.39 Å². The minimum Gasteiger partial charge on any atom is -0.338 e. The highest BCUT2D eigenvalue weighted by Gasteiger charge is 2.28. The van der Waals surface area contributed by atoms with Crippen LogP contribution >= 0.6 is 0 Å². The van der Waals surface area contributed by atoms with E-state index < -0.39 is 0 Å². The number of nitrogens with one attached hydrogen (secondary N) is 1. The first kappa shape index (κ1) is 19.1. The number of carbonyl (C=O) groups is 1. The van der Waals surface area contributed by atoms with E-state index in [-0.39, 0.29) is 17.8 Å². The molecule has 0 bridgehead atoms. The van der Waals surface area contributed by atoms with Crippen LogP contribution in [0, 0.1) is 5.82 Å². The van der Waals surface area contributed by atoms with Crippen LogP contribution in [-0.4, -0.2) is 55.0 Å². The van der Waals surface area contributed by atoms with E-state index in [9.17, 15) is 9.18 Å². The Hall–Kier alpha value is -2.24. The number of nitrogens with zero attached hydrogens (tertiary/aromatic N) is 2. The van der Waals surface area contributed by atoms with Gasteiger partial charge in [-0.25, -0.2) is 4.39 Å². The van der Waals surface area contributed by atoms with Gasteiger partial charge in [0.25, 0.3) is 0 Å². The zero-order valence-electron chi connectivity index (χ0n) is 16.5. The number of likely N-dealkylation sites (tertiary alicyclic amines) is 1. The number of likely N-dealkylation sites (N-methyl/N-ethyl adjacent to an activating group) is 1. The number of carbonyl (C=O) groups excluding carboxylic acids is 1. The van der Waals surface area contributed by atoms with E-state index in [1.807, 2.05) is 30.2 Å². The molecule has 4 rings (SSSR count). The van der Waals surface area contributed by atoms with E-state index in [1.54, 1.807) is 6.07 Å². The van der Waals surface area contributed by atoms with Crippen molar-refractivity contribution in [3.8, 4) is 0 Å². The smallest absolute Gasteiger partial charge is 0.246 e. The van der Waals surface area contributed by atoms with Gasteiger partial charge in [-0.2, -0.15) is 0 Å². The summed E-state index contributed by atoms with van der Waals surface area (Å²) >= 11 is 0. The maximum absolute atomic E-state index is 13.3. The molecule has 2 aliphatic heterocycles. The zero-order valence-corrected chi connectivity index (χ0v) is 16.5. The van der Waals surface area contributed by atoms with Crippen LogP contribution in [-0.2, 0) is 11.3 Å². The number of benzene rings is 2. The summed E-state index contributed by atoms with van der Waals surface area (Å²) in [6, 6.07) is 11.4. The molecule has 0 aliphatic carbocycles. The maximum Gasteiger partial charge on any atom is 0.246 e. The first-order chi connectivity index (χ1) is 13.6. The van der Waals surface area contributed by atoms with Crippen molar-refractivity contribution in [2.45, 2.75) is 31.8 Å². The summed E-state index contributed by atoms with van der Waals surface area (Å²) in [5.74, 6) is -0.0636. The molecule has 0 spiro atoms. The second-order valence-corrected chi connectivity index (χ2v) is 8.01. The molecule has 1 atom stereocenters. The van der Waals surface area contributed by atoms with Crippen LogP contribution in [0.3, 0.4) is 0 Å². The molecule has 2 saturated heterocycles. The van der Waals surface area contributed by atoms with Gasteiger partial charge in [0.1, 0.15) is 5.82 Å². The third kappa shape index (κ3) is 4.42. The topological polar surface area (TPSA) is 35.6 Å². The number of hydrogen-bond donors (Lipinski definition) is 1. The van der Waals surface area contributed by atoms with Gasteiger partial charge < -0.3 is 10.2 Å². The van der Waals surface area contributed by atoms with E-state index in [2.05, 4.69) is 22.3 Å². The second-order valence-electron chi connectivity index (χ2n) is 8.01. The summed E-state index contributed by atoms with van der Waals surface area (Å²) < 4.78 is 13.3. The van der Waals surface area contributed by atoms with Crippen molar-refractivity contribution in [2.75, 3.05) is 33.2 Å². The predicted octanol–water partition coefficient (Wildman–Crippen LogP) is 3.32. The van der Waals surface area contributed by atoms with Gasteiger partial charge in [-0.15, -0.1) is 0 Å². The van der Waals surface area contributed by atoms with E-state index in [4.69, 9.17) is 0 Å². The fraction of sp³-hybridized carbons (Fsp3) is 0.435. The van der Waals surface area contributed by atoms with Crippen molar-refractivity contribution < 1.29 is 9.18 Å². The number of rotatable bonds is 4. The zero-order chi connectivity index (χ0) is 19.5. The minimum absolute atomic E-state index is 0.136. The first-order valence-electron chi connectivity index (χ1n) is 10.2. The third-order valence-corrected chi connectivity index (χ3v) is 5.99. The van der Waals surface area contributed by atoms with Gasteiger partial charge in [0, 0.05) is 38.8 Å². The van der Waals surface area contributed by atoms with Crippen LogP contribution < -0.4 is 5.32 Å². The molecular formula is C23H28FN3O. The number of halogens is 1. The van der Waals surface area contributed by atoms with Crippen molar-refractivity contribution in [1.29, 1.82) is 0 Å². The molecular weight excluding hydrogens is 353 g/mol. The Kier molecular flexibility index (Phi) is 5.74. The summed E-state index contributed by atoms with van der Waals surface area (Å²) in [7, 11) is 1.93. The number of piperidine rings is 1. The summed E-state index contributed by atoms with van der Waals surface area (Å²) in [5.41, 5.74) is 2.49. The van der Waals surface area contributed by atoms with Gasteiger partial charge in [-0.1, -0.05) is 23.8 Å². The van der Waals surface area contributed by atoms with Crippen LogP contribution in [0.5, 0.6) is 0 Å². The van der Waals surface area contributed by atoms with E-state index in [0.717, 1.165) is 62.8 Å². The van der Waals surface area contributed by atoms with Gasteiger partial charge in [0.15, 0.2) is 0 Å². The van der Waals surface area contributed by atoms with Crippen molar-refractivity contribution >= 4 is 16.7 Å². The van der Waals surface area contributed by atoms with Gasteiger partial charge >= 0.3 is 0 Å². The fourth-order valence-electron chi connectivity index (χ4n) is 4.24. The molecule has 2 aromatic rings. The highest BCUT2D eigenvalue weighted by atomic mass is 19.1. The Labute approximate surface area is 166 Å². The lowest BCUT2D eigenvalue weighted by atomic mass is 10.0. The number of fused-ring (bicyclic) bond motifs is 1. The van der Waals surface area contributed by atoms with Crippen LogP contribution in [0.1, 0.15) is 24.8 Å². The van der Waals surface area contributed by atoms with Crippen LogP contribution in [0.25, 0.3) is 10.8 Å². The second kappa shape index (κ2) is 8.41. The average Bonchev–Trinajstić information content (AvgIpc) is 3.16. The molecule has 2 aliphatic rings. The monoisotopic (exact) mass is 381 g/mol. The number of amides is 1. The fourth-order valence-corrected chi connectivity index (χ4v) is 4.24. The van der Waals surface area contributed by atoms with Crippen LogP contribution in [0.2, 0.25) is 0 Å². The summed E-state index contributed by atoms with van der Waals surface area (Å²) in [5, 5.41) is 5.32. The van der Waals surface area contributed by atoms with Gasteiger partial charge in [0.05, 0.1) is 0 Å². The molecule has 0 aromatic heterocycles. The van der Waals surface area contributed by atoms with Crippen molar-refractivity contribution in [2.24, 2.45) is 0 Å². The SMILES string of the molecule is CN(C(=O)C=C1CCNCC1)[C@@H]1CCN(Cc2ccc3cc(F)ccc3c2)C1. The van der Waals surface area contributed by atoms with Crippen molar-refractivity contribution in [3.05, 3.63) is 59.4 Å². The minimum atomic E-state index is -0.199. The van der Waals surface area contributed by atoms with E-state index in [0.29, 0.717) is 0 Å². The molecule has 148 valence electrons. The quantitative estimate of drug-likeness (QED) is 0.826. The lowest BCUT2D eigenvalue weighted by Gasteiger charge is -2.25. The Morgan fingerprint density at radius 1 is 1.21 bits per heavy atom. The Morgan fingerprint density at radius 2 is 1.96 bits per heavy atom. The maximum atomic E-state index is 13.3. The number of hydrogen-bond acceptors (Lipinski definition) is 3. The molecule has 1 N–H and O–H groups in total.